The zero-order valence-corrected chi connectivity index (χ0v) is 22.0. The number of pyridine rings is 1. The molecule has 0 radical (unpaired) electrons. The van der Waals surface area contributed by atoms with Crippen LogP contribution >= 0.6 is 0 Å². The van der Waals surface area contributed by atoms with Gasteiger partial charge in [0.1, 0.15) is 22.8 Å². The van der Waals surface area contributed by atoms with Crippen molar-refractivity contribution < 1.29 is 23.7 Å². The van der Waals surface area contributed by atoms with Gasteiger partial charge in [-0.25, -0.2) is 4.98 Å². The third-order valence-electron chi connectivity index (χ3n) is 6.65. The van der Waals surface area contributed by atoms with Crippen LogP contribution in [-0.2, 0) is 17.9 Å². The summed E-state index contributed by atoms with van der Waals surface area (Å²) in [5, 5.41) is 0.843. The molecule has 0 bridgehead atoms. The van der Waals surface area contributed by atoms with Crippen LogP contribution in [0.1, 0.15) is 37.8 Å². The number of methoxy groups -OCH3 is 2. The van der Waals surface area contributed by atoms with Gasteiger partial charge in [0.25, 0.3) is 0 Å². The van der Waals surface area contributed by atoms with Crippen molar-refractivity contribution in [2.45, 2.75) is 39.8 Å². The van der Waals surface area contributed by atoms with E-state index in [0.29, 0.717) is 30.3 Å². The van der Waals surface area contributed by atoms with E-state index < -0.39 is 0 Å². The first-order valence-corrected chi connectivity index (χ1v) is 12.3. The molecule has 192 valence electrons. The molecule has 2 aromatic carbocycles. The summed E-state index contributed by atoms with van der Waals surface area (Å²) >= 11 is 0. The zero-order valence-electron chi connectivity index (χ0n) is 22.0. The summed E-state index contributed by atoms with van der Waals surface area (Å²) in [6.07, 6.45) is 1.57. The predicted molar refractivity (Wildman–Crippen MR) is 140 cm³/mol. The normalized spacial score (nSPS) is 12.2. The summed E-state index contributed by atoms with van der Waals surface area (Å²) in [6.45, 7) is 5.19. The van der Waals surface area contributed by atoms with E-state index in [0.717, 1.165) is 46.4 Å². The monoisotopic (exact) mass is 493 g/mol. The lowest BCUT2D eigenvalue weighted by Crippen LogP contribution is -2.35. The topological polar surface area (TPSA) is 73.4 Å². The largest absolute Gasteiger partial charge is 0.496 e. The molecule has 0 spiro atoms. The number of amides is 1. The molecule has 8 nitrogen and oxygen atoms in total. The molecule has 0 atom stereocenters. The minimum atomic E-state index is -0.0511. The first-order chi connectivity index (χ1) is 17.4. The van der Waals surface area contributed by atoms with Crippen LogP contribution in [0.5, 0.6) is 23.0 Å². The summed E-state index contributed by atoms with van der Waals surface area (Å²) in [5.41, 5.74) is 2.63. The molecule has 0 saturated heterocycles. The first-order valence-electron chi connectivity index (χ1n) is 12.3. The maximum atomic E-state index is 13.7. The van der Waals surface area contributed by atoms with Crippen LogP contribution in [0.15, 0.2) is 36.4 Å². The van der Waals surface area contributed by atoms with Crippen molar-refractivity contribution in [2.75, 3.05) is 40.0 Å². The molecule has 36 heavy (non-hydrogen) atoms. The fraction of sp³-hybridized carbons (Fsp3) is 0.429. The van der Waals surface area contributed by atoms with Crippen molar-refractivity contribution in [2.24, 2.45) is 5.92 Å². The van der Waals surface area contributed by atoms with E-state index in [1.165, 1.54) is 0 Å². The Kier molecular flexibility index (Phi) is 7.72. The van der Waals surface area contributed by atoms with Gasteiger partial charge in [-0.2, -0.15) is 0 Å². The third-order valence-corrected chi connectivity index (χ3v) is 6.65. The number of carbonyl (C=O) groups is 1. The zero-order chi connectivity index (χ0) is 25.8. The highest BCUT2D eigenvalue weighted by molar-refractivity contribution is 5.92. The number of rotatable bonds is 10. The molecule has 0 unspecified atom stereocenters. The van der Waals surface area contributed by atoms with E-state index in [4.69, 9.17) is 23.9 Å². The number of carbonyl (C=O) groups excluding carboxylic acids is 1. The van der Waals surface area contributed by atoms with Gasteiger partial charge < -0.3 is 28.7 Å². The molecule has 3 aromatic rings. The molecule has 2 heterocycles. The number of aromatic nitrogens is 1. The van der Waals surface area contributed by atoms with Crippen LogP contribution in [0.25, 0.3) is 10.9 Å². The highest BCUT2D eigenvalue weighted by atomic mass is 16.7. The summed E-state index contributed by atoms with van der Waals surface area (Å²) in [5.74, 6) is 3.67. The number of nitrogens with zero attached hydrogens (tertiary/aromatic N) is 3. The predicted octanol–water partition coefficient (Wildman–Crippen LogP) is 5.01. The molecule has 8 heteroatoms. The van der Waals surface area contributed by atoms with Gasteiger partial charge in [0, 0.05) is 44.1 Å². The Morgan fingerprint density at radius 1 is 0.972 bits per heavy atom. The number of anilines is 1. The number of hydrogen-bond acceptors (Lipinski definition) is 7. The summed E-state index contributed by atoms with van der Waals surface area (Å²) in [7, 11) is 7.18. The Bertz CT molecular complexity index is 1240. The Morgan fingerprint density at radius 2 is 1.67 bits per heavy atom. The molecular weight excluding hydrogens is 458 g/mol. The fourth-order valence-electron chi connectivity index (χ4n) is 4.66. The van der Waals surface area contributed by atoms with E-state index in [2.05, 4.69) is 19.9 Å². The first kappa shape index (κ1) is 25.4. The minimum Gasteiger partial charge on any atom is -0.496 e. The summed E-state index contributed by atoms with van der Waals surface area (Å²) in [4.78, 5) is 22.5. The van der Waals surface area contributed by atoms with E-state index in [9.17, 15) is 4.79 Å². The van der Waals surface area contributed by atoms with Crippen LogP contribution in [0, 0.1) is 5.92 Å². The molecule has 0 saturated carbocycles. The van der Waals surface area contributed by atoms with Gasteiger partial charge in [0.2, 0.25) is 12.7 Å². The molecule has 0 N–H and O–H groups in total. The van der Waals surface area contributed by atoms with Gasteiger partial charge in [-0.3, -0.25) is 4.79 Å². The number of benzene rings is 2. The number of ether oxygens (including phenoxy) is 4. The average Bonchev–Trinajstić information content (AvgIpc) is 3.35. The molecule has 1 aliphatic rings. The number of hydrogen-bond donors (Lipinski definition) is 0. The maximum Gasteiger partial charge on any atom is 0.231 e. The molecule has 0 fully saturated rings. The van der Waals surface area contributed by atoms with Crippen molar-refractivity contribution in [1.29, 1.82) is 0 Å². The summed E-state index contributed by atoms with van der Waals surface area (Å²) in [6, 6.07) is 11.6. The molecule has 1 aliphatic heterocycles. The van der Waals surface area contributed by atoms with Crippen molar-refractivity contribution in [3.8, 4) is 23.0 Å². The molecule has 0 aliphatic carbocycles. The van der Waals surface area contributed by atoms with E-state index in [1.807, 2.05) is 54.2 Å². The highest BCUT2D eigenvalue weighted by Gasteiger charge is 2.25. The quantitative estimate of drug-likeness (QED) is 0.393. The molecule has 1 aromatic heterocycles. The lowest BCUT2D eigenvalue weighted by molar-refractivity contribution is -0.137. The second kappa shape index (κ2) is 10.9. The van der Waals surface area contributed by atoms with Gasteiger partial charge in [-0.15, -0.1) is 0 Å². The van der Waals surface area contributed by atoms with Crippen molar-refractivity contribution in [1.82, 2.24) is 9.88 Å². The van der Waals surface area contributed by atoms with E-state index in [1.54, 1.807) is 14.2 Å². The van der Waals surface area contributed by atoms with Gasteiger partial charge in [-0.1, -0.05) is 19.9 Å². The van der Waals surface area contributed by atoms with Crippen molar-refractivity contribution >= 4 is 22.6 Å². The lowest BCUT2D eigenvalue weighted by atomic mass is 10.0. The Morgan fingerprint density at radius 3 is 2.33 bits per heavy atom. The minimum absolute atomic E-state index is 0.0511. The SMILES string of the molecule is CCC(CC)C(=O)N(Cc1ccc2c(c1)OCO2)Cc1cc2c(OC)ccc(OC)c2nc1N(C)C. The van der Waals surface area contributed by atoms with Crippen LogP contribution in [-0.4, -0.2) is 50.9 Å². The second-order valence-electron chi connectivity index (χ2n) is 9.13. The van der Waals surface area contributed by atoms with Gasteiger partial charge in [0.05, 0.1) is 14.2 Å². The van der Waals surface area contributed by atoms with E-state index in [-0.39, 0.29) is 18.6 Å². The van der Waals surface area contributed by atoms with Crippen LogP contribution in [0.4, 0.5) is 5.82 Å². The Labute approximate surface area is 212 Å². The lowest BCUT2D eigenvalue weighted by Gasteiger charge is -2.29. The van der Waals surface area contributed by atoms with E-state index >= 15 is 0 Å². The molecule has 1 amide bonds. The van der Waals surface area contributed by atoms with Gasteiger partial charge in [-0.05, 0) is 48.7 Å². The van der Waals surface area contributed by atoms with Crippen LogP contribution in [0.2, 0.25) is 0 Å². The average molecular weight is 494 g/mol. The van der Waals surface area contributed by atoms with Gasteiger partial charge in [0.15, 0.2) is 11.5 Å². The molecular formula is C28H35N3O5. The second-order valence-corrected chi connectivity index (χ2v) is 9.13. The van der Waals surface area contributed by atoms with Crippen molar-refractivity contribution in [3.05, 3.63) is 47.5 Å². The highest BCUT2D eigenvalue weighted by Crippen LogP contribution is 2.36. The Hall–Kier alpha value is -3.68. The van der Waals surface area contributed by atoms with Crippen molar-refractivity contribution in [3.63, 3.8) is 0 Å². The maximum absolute atomic E-state index is 13.7. The fourth-order valence-corrected chi connectivity index (χ4v) is 4.66. The number of fused-ring (bicyclic) bond motifs is 2. The Balaban J connectivity index is 1.78. The van der Waals surface area contributed by atoms with Crippen LogP contribution < -0.4 is 23.8 Å². The molecule has 4 rings (SSSR count). The third kappa shape index (κ3) is 4.98. The summed E-state index contributed by atoms with van der Waals surface area (Å²) < 4.78 is 22.2. The smallest absolute Gasteiger partial charge is 0.231 e. The van der Waals surface area contributed by atoms with Crippen LogP contribution in [0.3, 0.4) is 0 Å². The standard InChI is InChI=1S/C28H35N3O5/c1-7-19(8-2)28(32)31(15-18-9-10-23-25(13-18)36-17-35-23)16-20-14-21-22(33-5)11-12-24(34-6)26(21)29-27(20)30(3)4/h9-14,19H,7-8,15-17H2,1-6H3. The van der Waals surface area contributed by atoms with Gasteiger partial charge >= 0.3 is 0 Å².